The normalized spacial score (nSPS) is 10.2. The number of rotatable bonds is 4. The van der Waals surface area contributed by atoms with Crippen LogP contribution in [0.4, 0.5) is 0 Å². The fourth-order valence-electron chi connectivity index (χ4n) is 2.24. The van der Waals surface area contributed by atoms with E-state index < -0.39 is 5.97 Å². The van der Waals surface area contributed by atoms with E-state index >= 15 is 0 Å². The molecule has 0 aliphatic heterocycles. The van der Waals surface area contributed by atoms with Crippen LogP contribution in [0.15, 0.2) is 78.9 Å². The Hall–Kier alpha value is -3.40. The van der Waals surface area contributed by atoms with Gasteiger partial charge < -0.3 is 9.84 Å². The summed E-state index contributed by atoms with van der Waals surface area (Å²) in [4.78, 5) is 24.3. The molecule has 24 heavy (non-hydrogen) atoms. The van der Waals surface area contributed by atoms with Gasteiger partial charge in [-0.15, -0.1) is 0 Å². The van der Waals surface area contributed by atoms with Crippen LogP contribution in [0.3, 0.4) is 0 Å². The number of phenolic OH excluding ortho intramolecular Hbond substituents is 1. The number of esters is 1. The van der Waals surface area contributed by atoms with Crippen molar-refractivity contribution in [3.63, 3.8) is 0 Å². The maximum atomic E-state index is 12.4. The Labute approximate surface area is 139 Å². The first-order chi connectivity index (χ1) is 11.6. The van der Waals surface area contributed by atoms with Gasteiger partial charge in [0, 0.05) is 5.56 Å². The van der Waals surface area contributed by atoms with Gasteiger partial charge in [0.1, 0.15) is 11.5 Å². The summed E-state index contributed by atoms with van der Waals surface area (Å²) in [6, 6.07) is 21.2. The Morgan fingerprint density at radius 3 is 2.00 bits per heavy atom. The van der Waals surface area contributed by atoms with Gasteiger partial charge in [-0.25, -0.2) is 4.79 Å². The molecule has 3 aromatic carbocycles. The third kappa shape index (κ3) is 3.33. The number of hydrogen-bond donors (Lipinski definition) is 1. The number of phenols is 1. The number of benzene rings is 3. The number of ether oxygens (including phenoxy) is 1. The van der Waals surface area contributed by atoms with E-state index in [1.54, 1.807) is 66.7 Å². The highest BCUT2D eigenvalue weighted by Crippen LogP contribution is 2.21. The van der Waals surface area contributed by atoms with Crippen LogP contribution in [-0.4, -0.2) is 16.9 Å². The second kappa shape index (κ2) is 6.79. The topological polar surface area (TPSA) is 63.6 Å². The van der Waals surface area contributed by atoms with Crippen LogP contribution in [0.2, 0.25) is 0 Å². The van der Waals surface area contributed by atoms with Crippen molar-refractivity contribution in [3.8, 4) is 11.5 Å². The number of ketones is 1. The zero-order valence-electron chi connectivity index (χ0n) is 12.7. The highest BCUT2D eigenvalue weighted by molar-refractivity contribution is 6.10. The van der Waals surface area contributed by atoms with Gasteiger partial charge in [-0.3, -0.25) is 4.79 Å². The van der Waals surface area contributed by atoms with E-state index in [0.717, 1.165) is 0 Å². The molecule has 0 saturated carbocycles. The molecule has 3 rings (SSSR count). The smallest absolute Gasteiger partial charge is 0.343 e. The highest BCUT2D eigenvalue weighted by Gasteiger charge is 2.13. The minimum Gasteiger partial charge on any atom is -0.507 e. The Morgan fingerprint density at radius 2 is 1.33 bits per heavy atom. The number of carbonyl (C=O) groups excluding carboxylic acids is 2. The van der Waals surface area contributed by atoms with Crippen LogP contribution >= 0.6 is 0 Å². The fraction of sp³-hybridized carbons (Fsp3) is 0. The third-order valence-electron chi connectivity index (χ3n) is 3.49. The molecule has 0 amide bonds. The lowest BCUT2D eigenvalue weighted by molar-refractivity contribution is 0.0734. The Bertz CT molecular complexity index is 868. The molecule has 4 heteroatoms. The number of para-hydroxylation sites is 1. The van der Waals surface area contributed by atoms with E-state index in [1.807, 2.05) is 6.07 Å². The maximum Gasteiger partial charge on any atom is 0.343 e. The molecule has 3 aromatic rings. The second-order valence-corrected chi connectivity index (χ2v) is 5.13. The molecular formula is C20H14O4. The van der Waals surface area contributed by atoms with Crippen molar-refractivity contribution in [2.75, 3.05) is 0 Å². The van der Waals surface area contributed by atoms with Gasteiger partial charge in [0.15, 0.2) is 5.78 Å². The molecule has 0 saturated heterocycles. The second-order valence-electron chi connectivity index (χ2n) is 5.13. The van der Waals surface area contributed by atoms with Gasteiger partial charge in [0.25, 0.3) is 0 Å². The van der Waals surface area contributed by atoms with Crippen LogP contribution in [0, 0.1) is 0 Å². The average Bonchev–Trinajstić information content (AvgIpc) is 2.63. The molecule has 118 valence electrons. The van der Waals surface area contributed by atoms with E-state index in [2.05, 4.69) is 0 Å². The van der Waals surface area contributed by atoms with Crippen molar-refractivity contribution in [3.05, 3.63) is 95.6 Å². The zero-order chi connectivity index (χ0) is 16.9. The van der Waals surface area contributed by atoms with Gasteiger partial charge in [0.05, 0.1) is 11.1 Å². The first-order valence-corrected chi connectivity index (χ1v) is 7.35. The summed E-state index contributed by atoms with van der Waals surface area (Å²) in [7, 11) is 0. The van der Waals surface area contributed by atoms with Gasteiger partial charge >= 0.3 is 5.97 Å². The first kappa shape index (κ1) is 15.5. The van der Waals surface area contributed by atoms with Gasteiger partial charge in [-0.1, -0.05) is 30.3 Å². The molecule has 0 unspecified atom stereocenters. The van der Waals surface area contributed by atoms with Crippen molar-refractivity contribution in [1.29, 1.82) is 0 Å². The first-order valence-electron chi connectivity index (χ1n) is 7.35. The van der Waals surface area contributed by atoms with Crippen LogP contribution in [0.25, 0.3) is 0 Å². The minimum atomic E-state index is -0.463. The molecule has 0 aliphatic rings. The predicted octanol–water partition coefficient (Wildman–Crippen LogP) is 3.84. The number of aromatic hydroxyl groups is 1. The van der Waals surface area contributed by atoms with Crippen molar-refractivity contribution < 1.29 is 19.4 Å². The van der Waals surface area contributed by atoms with Crippen molar-refractivity contribution in [1.82, 2.24) is 0 Å². The monoisotopic (exact) mass is 318 g/mol. The summed E-state index contributed by atoms with van der Waals surface area (Å²) in [6.07, 6.45) is 0. The molecule has 0 aliphatic carbocycles. The standard InChI is InChI=1S/C20H14O4/c21-18-9-5-4-8-17(18)19(22)14-10-12-16(13-11-14)24-20(23)15-6-2-1-3-7-15/h1-13,21H. The zero-order valence-corrected chi connectivity index (χ0v) is 12.7. The molecule has 0 radical (unpaired) electrons. The summed E-state index contributed by atoms with van der Waals surface area (Å²) in [5.74, 6) is -0.482. The molecule has 0 aromatic heterocycles. The van der Waals surface area contributed by atoms with Gasteiger partial charge in [-0.2, -0.15) is 0 Å². The molecule has 0 bridgehead atoms. The van der Waals surface area contributed by atoms with Gasteiger partial charge in [0.2, 0.25) is 0 Å². The van der Waals surface area contributed by atoms with E-state index in [1.165, 1.54) is 6.07 Å². The summed E-state index contributed by atoms with van der Waals surface area (Å²) < 4.78 is 5.26. The molecule has 4 nitrogen and oxygen atoms in total. The Morgan fingerprint density at radius 1 is 0.708 bits per heavy atom. The van der Waals surface area contributed by atoms with Crippen molar-refractivity contribution >= 4 is 11.8 Å². The summed E-state index contributed by atoms with van der Waals surface area (Å²) in [5, 5.41) is 9.75. The predicted molar refractivity (Wildman–Crippen MR) is 89.4 cm³/mol. The molecule has 0 heterocycles. The molecule has 0 fully saturated rings. The number of carbonyl (C=O) groups is 2. The number of hydrogen-bond acceptors (Lipinski definition) is 4. The lowest BCUT2D eigenvalue weighted by Crippen LogP contribution is -2.08. The van der Waals surface area contributed by atoms with Crippen molar-refractivity contribution in [2.45, 2.75) is 0 Å². The van der Waals surface area contributed by atoms with Crippen LogP contribution in [0.5, 0.6) is 11.5 Å². The highest BCUT2D eigenvalue weighted by atomic mass is 16.5. The van der Waals surface area contributed by atoms with E-state index in [9.17, 15) is 14.7 Å². The average molecular weight is 318 g/mol. The molecule has 1 N–H and O–H groups in total. The quantitative estimate of drug-likeness (QED) is 0.451. The lowest BCUT2D eigenvalue weighted by Gasteiger charge is -2.06. The molecule has 0 atom stereocenters. The van der Waals surface area contributed by atoms with Crippen LogP contribution in [-0.2, 0) is 0 Å². The Kier molecular flexibility index (Phi) is 4.38. The van der Waals surface area contributed by atoms with E-state index in [4.69, 9.17) is 4.74 Å². The molecular weight excluding hydrogens is 304 g/mol. The minimum absolute atomic E-state index is 0.0675. The SMILES string of the molecule is O=C(Oc1ccc(C(=O)c2ccccc2O)cc1)c1ccccc1. The van der Waals surface area contributed by atoms with Crippen molar-refractivity contribution in [2.24, 2.45) is 0 Å². The largest absolute Gasteiger partial charge is 0.507 e. The fourth-order valence-corrected chi connectivity index (χ4v) is 2.24. The summed E-state index contributed by atoms with van der Waals surface area (Å²) in [5.41, 5.74) is 1.08. The molecule has 0 spiro atoms. The Balaban J connectivity index is 1.75. The van der Waals surface area contributed by atoms with Gasteiger partial charge in [-0.05, 0) is 48.5 Å². The third-order valence-corrected chi connectivity index (χ3v) is 3.49. The lowest BCUT2D eigenvalue weighted by atomic mass is 10.0. The van der Waals surface area contributed by atoms with Crippen LogP contribution in [0.1, 0.15) is 26.3 Å². The van der Waals surface area contributed by atoms with E-state index in [-0.39, 0.29) is 17.1 Å². The summed E-state index contributed by atoms with van der Waals surface area (Å²) in [6.45, 7) is 0. The maximum absolute atomic E-state index is 12.4. The summed E-state index contributed by atoms with van der Waals surface area (Å²) >= 11 is 0. The van der Waals surface area contributed by atoms with Crippen LogP contribution < -0.4 is 4.74 Å². The van der Waals surface area contributed by atoms with E-state index in [0.29, 0.717) is 16.9 Å².